The molecule has 4 rings (SSSR count). The predicted octanol–water partition coefficient (Wildman–Crippen LogP) is 2.62. The standard InChI is InChI=1S/C17H13FN6O3/c18-12-8-11(3-4-13(12)24-10-19-9-20-24)21-15(25)5-6-16-22-17(23-27-16)14-2-1-7-26-14/h1-4,7-10H,5-6H2,(H,21,25). The van der Waals surface area contributed by atoms with Gasteiger partial charge in [0.2, 0.25) is 17.6 Å². The van der Waals surface area contributed by atoms with Crippen molar-refractivity contribution in [2.45, 2.75) is 12.8 Å². The van der Waals surface area contributed by atoms with Crippen LogP contribution < -0.4 is 5.32 Å². The Hall–Kier alpha value is -3.82. The van der Waals surface area contributed by atoms with Crippen molar-refractivity contribution in [2.75, 3.05) is 5.32 Å². The zero-order chi connectivity index (χ0) is 18.6. The summed E-state index contributed by atoms with van der Waals surface area (Å²) in [4.78, 5) is 20.0. The third-order valence-corrected chi connectivity index (χ3v) is 3.67. The molecule has 0 radical (unpaired) electrons. The molecule has 1 amide bonds. The van der Waals surface area contributed by atoms with Gasteiger partial charge in [-0.25, -0.2) is 14.1 Å². The number of aryl methyl sites for hydroxylation is 1. The van der Waals surface area contributed by atoms with Crippen LogP contribution in [-0.2, 0) is 11.2 Å². The van der Waals surface area contributed by atoms with Gasteiger partial charge in [-0.05, 0) is 30.3 Å². The van der Waals surface area contributed by atoms with Gasteiger partial charge in [0.05, 0.1) is 6.26 Å². The second-order valence-corrected chi connectivity index (χ2v) is 5.54. The Morgan fingerprint density at radius 1 is 1.30 bits per heavy atom. The average molecular weight is 368 g/mol. The molecule has 0 atom stereocenters. The minimum Gasteiger partial charge on any atom is -0.461 e. The van der Waals surface area contributed by atoms with E-state index in [1.165, 1.54) is 35.7 Å². The first kappa shape index (κ1) is 16.6. The molecule has 1 N–H and O–H groups in total. The summed E-state index contributed by atoms with van der Waals surface area (Å²) in [5.74, 6) is 0.279. The van der Waals surface area contributed by atoms with Gasteiger partial charge in [0.15, 0.2) is 11.6 Å². The highest BCUT2D eigenvalue weighted by molar-refractivity contribution is 5.90. The molecule has 0 fully saturated rings. The fraction of sp³-hybridized carbons (Fsp3) is 0.118. The van der Waals surface area contributed by atoms with Gasteiger partial charge >= 0.3 is 0 Å². The van der Waals surface area contributed by atoms with E-state index in [0.29, 0.717) is 23.2 Å². The van der Waals surface area contributed by atoms with Crippen LogP contribution in [0.5, 0.6) is 0 Å². The fourth-order valence-corrected chi connectivity index (χ4v) is 2.41. The monoisotopic (exact) mass is 368 g/mol. The zero-order valence-electron chi connectivity index (χ0n) is 13.9. The van der Waals surface area contributed by atoms with Gasteiger partial charge in [0, 0.05) is 18.5 Å². The number of nitrogens with zero attached hydrogens (tertiary/aromatic N) is 5. The number of amides is 1. The highest BCUT2D eigenvalue weighted by Crippen LogP contribution is 2.18. The predicted molar refractivity (Wildman–Crippen MR) is 90.3 cm³/mol. The van der Waals surface area contributed by atoms with Gasteiger partial charge in [-0.3, -0.25) is 4.79 Å². The topological polar surface area (TPSA) is 112 Å². The molecule has 0 aliphatic heterocycles. The Morgan fingerprint density at radius 3 is 2.96 bits per heavy atom. The number of benzene rings is 1. The van der Waals surface area contributed by atoms with Crippen LogP contribution in [0.2, 0.25) is 0 Å². The second kappa shape index (κ2) is 7.20. The summed E-state index contributed by atoms with van der Waals surface area (Å²) in [6.07, 6.45) is 4.55. The highest BCUT2D eigenvalue weighted by Gasteiger charge is 2.13. The molecule has 0 saturated heterocycles. The third-order valence-electron chi connectivity index (χ3n) is 3.67. The number of halogens is 1. The van der Waals surface area contributed by atoms with Gasteiger partial charge in [-0.15, -0.1) is 0 Å². The SMILES string of the molecule is O=C(CCc1nc(-c2ccco2)no1)Nc1ccc(-n2cncn2)c(F)c1. The first-order valence-electron chi connectivity index (χ1n) is 8.00. The number of carbonyl (C=O) groups excluding carboxylic acids is 1. The Bertz CT molecular complexity index is 1040. The van der Waals surface area contributed by atoms with E-state index in [1.54, 1.807) is 18.2 Å². The zero-order valence-corrected chi connectivity index (χ0v) is 13.9. The average Bonchev–Trinajstić information content (AvgIpc) is 3.41. The number of hydrogen-bond acceptors (Lipinski definition) is 7. The quantitative estimate of drug-likeness (QED) is 0.557. The lowest BCUT2D eigenvalue weighted by atomic mass is 10.2. The van der Waals surface area contributed by atoms with Crippen molar-refractivity contribution >= 4 is 11.6 Å². The van der Waals surface area contributed by atoms with E-state index in [2.05, 4.69) is 25.5 Å². The molecule has 3 heterocycles. The molecule has 0 unspecified atom stereocenters. The molecule has 0 bridgehead atoms. The molecule has 136 valence electrons. The Kier molecular flexibility index (Phi) is 4.44. The van der Waals surface area contributed by atoms with Crippen LogP contribution in [0.1, 0.15) is 12.3 Å². The van der Waals surface area contributed by atoms with Crippen molar-refractivity contribution in [1.29, 1.82) is 0 Å². The number of rotatable bonds is 6. The van der Waals surface area contributed by atoms with Crippen molar-refractivity contribution in [2.24, 2.45) is 0 Å². The molecule has 0 aliphatic rings. The van der Waals surface area contributed by atoms with Crippen LogP contribution in [0, 0.1) is 5.82 Å². The summed E-state index contributed by atoms with van der Waals surface area (Å²) in [6, 6.07) is 7.73. The molecule has 9 nitrogen and oxygen atoms in total. The summed E-state index contributed by atoms with van der Waals surface area (Å²) in [7, 11) is 0. The third kappa shape index (κ3) is 3.73. The van der Waals surface area contributed by atoms with Crippen molar-refractivity contribution in [3.63, 3.8) is 0 Å². The van der Waals surface area contributed by atoms with E-state index in [-0.39, 0.29) is 24.4 Å². The lowest BCUT2D eigenvalue weighted by Crippen LogP contribution is -2.13. The van der Waals surface area contributed by atoms with Crippen molar-refractivity contribution in [1.82, 2.24) is 24.9 Å². The second-order valence-electron chi connectivity index (χ2n) is 5.54. The van der Waals surface area contributed by atoms with Gasteiger partial charge in [0.25, 0.3) is 0 Å². The molecule has 1 aromatic carbocycles. The van der Waals surface area contributed by atoms with Crippen LogP contribution in [0.4, 0.5) is 10.1 Å². The van der Waals surface area contributed by atoms with E-state index in [1.807, 2.05) is 0 Å². The summed E-state index contributed by atoms with van der Waals surface area (Å²) in [5, 5.41) is 10.3. The van der Waals surface area contributed by atoms with E-state index in [9.17, 15) is 9.18 Å². The number of carbonyl (C=O) groups is 1. The van der Waals surface area contributed by atoms with E-state index < -0.39 is 5.82 Å². The lowest BCUT2D eigenvalue weighted by Gasteiger charge is -2.07. The van der Waals surface area contributed by atoms with Crippen LogP contribution in [-0.4, -0.2) is 30.8 Å². The van der Waals surface area contributed by atoms with Crippen LogP contribution >= 0.6 is 0 Å². The summed E-state index contributed by atoms with van der Waals surface area (Å²) in [6.45, 7) is 0. The number of anilines is 1. The summed E-state index contributed by atoms with van der Waals surface area (Å²) < 4.78 is 25.7. The minimum absolute atomic E-state index is 0.103. The first-order chi connectivity index (χ1) is 13.2. The number of hydrogen-bond donors (Lipinski definition) is 1. The van der Waals surface area contributed by atoms with Gasteiger partial charge < -0.3 is 14.3 Å². The molecule has 4 aromatic rings. The molecule has 27 heavy (non-hydrogen) atoms. The van der Waals surface area contributed by atoms with E-state index in [0.717, 1.165) is 0 Å². The Morgan fingerprint density at radius 2 is 2.22 bits per heavy atom. The Balaban J connectivity index is 1.35. The molecule has 3 aromatic heterocycles. The van der Waals surface area contributed by atoms with E-state index >= 15 is 0 Å². The minimum atomic E-state index is -0.529. The van der Waals surface area contributed by atoms with Gasteiger partial charge in [-0.2, -0.15) is 10.1 Å². The molecular weight excluding hydrogens is 355 g/mol. The highest BCUT2D eigenvalue weighted by atomic mass is 19.1. The van der Waals surface area contributed by atoms with Crippen molar-refractivity contribution in [3.05, 3.63) is 61.0 Å². The summed E-state index contributed by atoms with van der Waals surface area (Å²) in [5.41, 5.74) is 0.574. The maximum absolute atomic E-state index is 14.2. The smallest absolute Gasteiger partial charge is 0.238 e. The number of nitrogens with one attached hydrogen (secondary N) is 1. The molecule has 10 heteroatoms. The first-order valence-corrected chi connectivity index (χ1v) is 8.00. The number of aromatic nitrogens is 5. The lowest BCUT2D eigenvalue weighted by molar-refractivity contribution is -0.116. The summed E-state index contributed by atoms with van der Waals surface area (Å²) >= 11 is 0. The van der Waals surface area contributed by atoms with Gasteiger partial charge in [0.1, 0.15) is 18.3 Å². The molecule has 0 spiro atoms. The van der Waals surface area contributed by atoms with Crippen molar-refractivity contribution in [3.8, 4) is 17.3 Å². The van der Waals surface area contributed by atoms with Crippen LogP contribution in [0.3, 0.4) is 0 Å². The Labute approximate surface area is 151 Å². The van der Waals surface area contributed by atoms with Crippen molar-refractivity contribution < 1.29 is 18.1 Å². The largest absolute Gasteiger partial charge is 0.461 e. The fourth-order valence-electron chi connectivity index (χ4n) is 2.41. The maximum atomic E-state index is 14.2. The molecular formula is C17H13FN6O3. The van der Waals surface area contributed by atoms with E-state index in [4.69, 9.17) is 8.94 Å². The molecule has 0 saturated carbocycles. The number of furan rings is 1. The van der Waals surface area contributed by atoms with Gasteiger partial charge in [-0.1, -0.05) is 5.16 Å². The molecule has 0 aliphatic carbocycles. The van der Waals surface area contributed by atoms with Crippen LogP contribution in [0.15, 0.2) is 58.2 Å². The normalized spacial score (nSPS) is 10.9. The maximum Gasteiger partial charge on any atom is 0.238 e. The van der Waals surface area contributed by atoms with Crippen LogP contribution in [0.25, 0.3) is 17.3 Å².